The fourth-order valence-corrected chi connectivity index (χ4v) is 4.26. The van der Waals surface area contributed by atoms with Crippen molar-refractivity contribution < 1.29 is 0 Å². The Hall–Kier alpha value is 0.0300. The van der Waals surface area contributed by atoms with Gasteiger partial charge in [-0.3, -0.25) is 9.88 Å². The van der Waals surface area contributed by atoms with E-state index >= 15 is 0 Å². The van der Waals surface area contributed by atoms with Gasteiger partial charge in [0.25, 0.3) is 0 Å². The van der Waals surface area contributed by atoms with Crippen molar-refractivity contribution in [3.63, 3.8) is 0 Å². The molecule has 0 amide bonds. The van der Waals surface area contributed by atoms with E-state index in [1.54, 1.807) is 0 Å². The van der Waals surface area contributed by atoms with Gasteiger partial charge in [-0.05, 0) is 83.4 Å². The van der Waals surface area contributed by atoms with Crippen LogP contribution in [0.5, 0.6) is 0 Å². The number of halogens is 2. The van der Waals surface area contributed by atoms with Crippen molar-refractivity contribution in [2.75, 3.05) is 26.7 Å². The Morgan fingerprint density at radius 1 is 1.40 bits per heavy atom. The molecular weight excluding hydrogens is 382 g/mol. The van der Waals surface area contributed by atoms with Crippen LogP contribution in [0.1, 0.15) is 37.9 Å². The summed E-state index contributed by atoms with van der Waals surface area (Å²) in [6, 6.07) is 2.49. The molecule has 3 nitrogen and oxygen atoms in total. The molecule has 1 saturated heterocycles. The first-order valence-electron chi connectivity index (χ1n) is 7.35. The van der Waals surface area contributed by atoms with Crippen LogP contribution < -0.4 is 5.32 Å². The number of nitrogens with zero attached hydrogens (tertiary/aromatic N) is 2. The molecule has 1 aliphatic rings. The number of aromatic nitrogens is 1. The Bertz CT molecular complexity index is 439. The normalized spacial score (nSPS) is 24.6. The quantitative estimate of drug-likeness (QED) is 0.822. The first-order chi connectivity index (χ1) is 9.63. The topological polar surface area (TPSA) is 28.2 Å². The standard InChI is InChI=1S/C15H23Br2N3/c1-3-18-9-11-6-4-5-7-20(2)15(11)14-13(17)8-12(16)10-19-14/h8,10-11,15,18H,3-7,9H2,1-2H3. The first-order valence-corrected chi connectivity index (χ1v) is 8.94. The lowest BCUT2D eigenvalue weighted by Gasteiger charge is -2.32. The van der Waals surface area contributed by atoms with E-state index in [2.05, 4.69) is 67.1 Å². The van der Waals surface area contributed by atoms with Gasteiger partial charge < -0.3 is 5.32 Å². The van der Waals surface area contributed by atoms with Crippen LogP contribution in [0.4, 0.5) is 0 Å². The summed E-state index contributed by atoms with van der Waals surface area (Å²) in [6.07, 6.45) is 5.77. The molecule has 1 aromatic heterocycles. The van der Waals surface area contributed by atoms with Gasteiger partial charge in [-0.25, -0.2) is 0 Å². The van der Waals surface area contributed by atoms with E-state index in [1.165, 1.54) is 25.0 Å². The first kappa shape index (κ1) is 16.4. The average Bonchev–Trinajstić information content (AvgIpc) is 2.59. The second-order valence-corrected chi connectivity index (χ2v) is 7.28. The van der Waals surface area contributed by atoms with Crippen LogP contribution in [0, 0.1) is 5.92 Å². The van der Waals surface area contributed by atoms with E-state index in [0.717, 1.165) is 28.6 Å². The second kappa shape index (κ2) is 7.87. The highest BCUT2D eigenvalue weighted by Crippen LogP contribution is 2.36. The van der Waals surface area contributed by atoms with E-state index in [1.807, 2.05) is 6.20 Å². The molecule has 1 N–H and O–H groups in total. The van der Waals surface area contributed by atoms with Crippen LogP contribution in [0.2, 0.25) is 0 Å². The van der Waals surface area contributed by atoms with Crippen LogP contribution in [-0.2, 0) is 0 Å². The predicted octanol–water partition coefficient (Wildman–Crippen LogP) is 3.99. The van der Waals surface area contributed by atoms with Crippen molar-refractivity contribution >= 4 is 31.9 Å². The third kappa shape index (κ3) is 4.03. The van der Waals surface area contributed by atoms with E-state index in [4.69, 9.17) is 0 Å². The Labute approximate surface area is 138 Å². The molecule has 0 saturated carbocycles. The molecule has 0 radical (unpaired) electrons. The van der Waals surface area contributed by atoms with Gasteiger partial charge in [0.15, 0.2) is 0 Å². The second-order valence-electron chi connectivity index (χ2n) is 5.51. The van der Waals surface area contributed by atoms with E-state index in [0.29, 0.717) is 12.0 Å². The van der Waals surface area contributed by atoms with E-state index < -0.39 is 0 Å². The maximum Gasteiger partial charge on any atom is 0.0721 e. The Morgan fingerprint density at radius 3 is 2.90 bits per heavy atom. The highest BCUT2D eigenvalue weighted by Gasteiger charge is 2.31. The minimum absolute atomic E-state index is 0.388. The van der Waals surface area contributed by atoms with Crippen LogP contribution in [-0.4, -0.2) is 36.6 Å². The zero-order valence-corrected chi connectivity index (χ0v) is 15.4. The van der Waals surface area contributed by atoms with Gasteiger partial charge in [-0.2, -0.15) is 0 Å². The fourth-order valence-electron chi connectivity index (χ4n) is 3.04. The zero-order chi connectivity index (χ0) is 14.5. The van der Waals surface area contributed by atoms with Gasteiger partial charge in [-0.15, -0.1) is 0 Å². The summed E-state index contributed by atoms with van der Waals surface area (Å²) >= 11 is 7.18. The van der Waals surface area contributed by atoms with Crippen LogP contribution in [0.25, 0.3) is 0 Å². The zero-order valence-electron chi connectivity index (χ0n) is 12.2. The molecule has 1 fully saturated rings. The fraction of sp³-hybridized carbons (Fsp3) is 0.667. The summed E-state index contributed by atoms with van der Waals surface area (Å²) in [5.41, 5.74) is 1.17. The predicted molar refractivity (Wildman–Crippen MR) is 90.9 cm³/mol. The number of likely N-dealkylation sites (tertiary alicyclic amines) is 1. The maximum atomic E-state index is 4.69. The van der Waals surface area contributed by atoms with Gasteiger partial charge in [0.2, 0.25) is 0 Å². The third-order valence-corrected chi connectivity index (χ3v) is 5.10. The van der Waals surface area contributed by atoms with Crippen molar-refractivity contribution in [3.8, 4) is 0 Å². The molecule has 2 atom stereocenters. The van der Waals surface area contributed by atoms with Crippen LogP contribution in [0.3, 0.4) is 0 Å². The lowest BCUT2D eigenvalue weighted by Crippen LogP contribution is -2.35. The van der Waals surface area contributed by atoms with Crippen molar-refractivity contribution in [2.24, 2.45) is 5.92 Å². The minimum Gasteiger partial charge on any atom is -0.317 e. The molecule has 2 rings (SSSR count). The number of nitrogens with one attached hydrogen (secondary N) is 1. The Morgan fingerprint density at radius 2 is 2.20 bits per heavy atom. The monoisotopic (exact) mass is 403 g/mol. The number of hydrogen-bond acceptors (Lipinski definition) is 3. The van der Waals surface area contributed by atoms with E-state index in [-0.39, 0.29) is 0 Å². The highest BCUT2D eigenvalue weighted by atomic mass is 79.9. The molecule has 20 heavy (non-hydrogen) atoms. The summed E-state index contributed by atoms with van der Waals surface area (Å²) < 4.78 is 2.12. The molecular formula is C15H23Br2N3. The molecule has 1 aromatic rings. The number of pyridine rings is 1. The molecule has 1 aliphatic heterocycles. The molecule has 0 aliphatic carbocycles. The van der Waals surface area contributed by atoms with Gasteiger partial charge >= 0.3 is 0 Å². The van der Waals surface area contributed by atoms with Gasteiger partial charge in [0.05, 0.1) is 11.7 Å². The summed E-state index contributed by atoms with van der Waals surface area (Å²) in [6.45, 7) is 5.41. The van der Waals surface area contributed by atoms with Crippen molar-refractivity contribution in [2.45, 2.75) is 32.2 Å². The number of rotatable bonds is 4. The van der Waals surface area contributed by atoms with Gasteiger partial charge in [0.1, 0.15) is 0 Å². The average molecular weight is 405 g/mol. The number of hydrogen-bond donors (Lipinski definition) is 1. The lowest BCUT2D eigenvalue weighted by atomic mass is 9.92. The summed E-state index contributed by atoms with van der Waals surface area (Å²) in [5, 5.41) is 3.52. The molecule has 0 aromatic carbocycles. The van der Waals surface area contributed by atoms with Crippen molar-refractivity contribution in [1.29, 1.82) is 0 Å². The van der Waals surface area contributed by atoms with E-state index in [9.17, 15) is 0 Å². The highest BCUT2D eigenvalue weighted by molar-refractivity contribution is 9.11. The Balaban J connectivity index is 2.29. The van der Waals surface area contributed by atoms with Crippen molar-refractivity contribution in [3.05, 3.63) is 26.9 Å². The minimum atomic E-state index is 0.388. The molecule has 112 valence electrons. The summed E-state index contributed by atoms with van der Waals surface area (Å²) in [5.74, 6) is 0.618. The summed E-state index contributed by atoms with van der Waals surface area (Å²) in [7, 11) is 2.23. The van der Waals surface area contributed by atoms with Gasteiger partial charge in [0, 0.05) is 15.1 Å². The molecule has 2 heterocycles. The van der Waals surface area contributed by atoms with Crippen molar-refractivity contribution in [1.82, 2.24) is 15.2 Å². The van der Waals surface area contributed by atoms with Crippen LogP contribution in [0.15, 0.2) is 21.2 Å². The summed E-state index contributed by atoms with van der Waals surface area (Å²) in [4.78, 5) is 7.16. The van der Waals surface area contributed by atoms with Crippen LogP contribution >= 0.6 is 31.9 Å². The largest absolute Gasteiger partial charge is 0.317 e. The molecule has 5 heteroatoms. The molecule has 0 spiro atoms. The maximum absolute atomic E-state index is 4.69. The lowest BCUT2D eigenvalue weighted by molar-refractivity contribution is 0.184. The molecule has 0 bridgehead atoms. The van der Waals surface area contributed by atoms with Gasteiger partial charge in [-0.1, -0.05) is 13.3 Å². The smallest absolute Gasteiger partial charge is 0.0721 e. The Kier molecular flexibility index (Phi) is 6.46. The third-order valence-electron chi connectivity index (χ3n) is 4.03. The molecule has 2 unspecified atom stereocenters. The SMILES string of the molecule is CCNCC1CCCCN(C)C1c1ncc(Br)cc1Br.